The molecule has 8 heteroatoms. The van der Waals surface area contributed by atoms with Crippen LogP contribution in [0.2, 0.25) is 0 Å². The van der Waals surface area contributed by atoms with Crippen LogP contribution in [0.1, 0.15) is 33.1 Å². The van der Waals surface area contributed by atoms with E-state index in [1.807, 2.05) is 13.8 Å². The lowest BCUT2D eigenvalue weighted by atomic mass is 10.1. The highest BCUT2D eigenvalue weighted by atomic mass is 127. The summed E-state index contributed by atoms with van der Waals surface area (Å²) < 4.78 is 11.6. The van der Waals surface area contributed by atoms with Crippen molar-refractivity contribution in [3.63, 3.8) is 0 Å². The highest BCUT2D eigenvalue weighted by Gasteiger charge is 2.32. The molecule has 0 aliphatic carbocycles. The van der Waals surface area contributed by atoms with Crippen molar-refractivity contribution in [2.75, 3.05) is 39.9 Å². The van der Waals surface area contributed by atoms with Gasteiger partial charge in [0, 0.05) is 45.8 Å². The first kappa shape index (κ1) is 21.4. The summed E-state index contributed by atoms with van der Waals surface area (Å²) in [5.41, 5.74) is 0. The van der Waals surface area contributed by atoms with E-state index in [-0.39, 0.29) is 48.1 Å². The minimum Gasteiger partial charge on any atom is -0.375 e. The van der Waals surface area contributed by atoms with E-state index in [1.165, 1.54) is 0 Å². The van der Waals surface area contributed by atoms with Gasteiger partial charge in [-0.2, -0.15) is 0 Å². The Hall–Kier alpha value is -0.610. The molecule has 2 atom stereocenters. The van der Waals surface area contributed by atoms with Gasteiger partial charge in [-0.3, -0.25) is 9.79 Å². The van der Waals surface area contributed by atoms with Crippen LogP contribution in [0.4, 0.5) is 0 Å². The molecule has 2 rings (SSSR count). The number of morpholine rings is 1. The quantitative estimate of drug-likeness (QED) is 0.368. The summed E-state index contributed by atoms with van der Waals surface area (Å²) in [4.78, 5) is 18.2. The molecule has 0 aromatic rings. The van der Waals surface area contributed by atoms with Crippen molar-refractivity contribution in [3.05, 3.63) is 0 Å². The number of carbonyl (C=O) groups excluding carboxylic acids is 1. The number of guanidine groups is 1. The van der Waals surface area contributed by atoms with Crippen LogP contribution in [0, 0.1) is 0 Å². The second kappa shape index (κ2) is 11.1. The minimum atomic E-state index is 0. The number of amides is 1. The zero-order valence-corrected chi connectivity index (χ0v) is 17.2. The van der Waals surface area contributed by atoms with E-state index in [1.54, 1.807) is 7.05 Å². The Labute approximate surface area is 161 Å². The van der Waals surface area contributed by atoms with Crippen LogP contribution in [0.15, 0.2) is 4.99 Å². The minimum absolute atomic E-state index is 0. The average molecular weight is 454 g/mol. The number of nitrogens with one attached hydrogen (secondary N) is 2. The van der Waals surface area contributed by atoms with Crippen LogP contribution in [0.25, 0.3) is 0 Å². The van der Waals surface area contributed by atoms with Gasteiger partial charge in [-0.1, -0.05) is 0 Å². The van der Waals surface area contributed by atoms with Crippen LogP contribution in [0.3, 0.4) is 0 Å². The average Bonchev–Trinajstić information content (AvgIpc) is 3.05. The van der Waals surface area contributed by atoms with Crippen molar-refractivity contribution < 1.29 is 14.3 Å². The highest BCUT2D eigenvalue weighted by Crippen LogP contribution is 2.20. The van der Waals surface area contributed by atoms with Gasteiger partial charge in [0.15, 0.2) is 5.96 Å². The van der Waals surface area contributed by atoms with Crippen LogP contribution in [-0.4, -0.2) is 74.9 Å². The van der Waals surface area contributed by atoms with E-state index in [0.717, 1.165) is 38.5 Å². The summed E-state index contributed by atoms with van der Waals surface area (Å²) in [7, 11) is 1.77. The first-order valence-corrected chi connectivity index (χ1v) is 8.58. The largest absolute Gasteiger partial charge is 0.375 e. The van der Waals surface area contributed by atoms with Gasteiger partial charge in [-0.15, -0.1) is 24.0 Å². The molecule has 0 bridgehead atoms. The van der Waals surface area contributed by atoms with Gasteiger partial charge in [0.1, 0.15) is 6.10 Å². The summed E-state index contributed by atoms with van der Waals surface area (Å²) in [6.45, 7) is 7.60. The summed E-state index contributed by atoms with van der Waals surface area (Å²) in [5, 5.41) is 6.16. The lowest BCUT2D eigenvalue weighted by molar-refractivity contribution is -0.121. The molecule has 2 unspecified atom stereocenters. The number of rotatable bonds is 5. The lowest BCUT2D eigenvalue weighted by Gasteiger charge is -2.37. The SMILES string of the molecule is CN=C(NCCC(=O)NC(C)C)N1CCOC(C2CCCO2)C1.I. The van der Waals surface area contributed by atoms with Crippen LogP contribution < -0.4 is 10.6 Å². The van der Waals surface area contributed by atoms with Crippen molar-refractivity contribution >= 4 is 35.8 Å². The lowest BCUT2D eigenvalue weighted by Crippen LogP contribution is -2.53. The smallest absolute Gasteiger partial charge is 0.221 e. The maximum atomic E-state index is 11.7. The third-order valence-electron chi connectivity index (χ3n) is 4.07. The molecule has 0 radical (unpaired) electrons. The molecule has 0 aromatic heterocycles. The van der Waals surface area contributed by atoms with Gasteiger partial charge < -0.3 is 25.0 Å². The fourth-order valence-corrected chi connectivity index (χ4v) is 3.00. The molecule has 0 aromatic carbocycles. The number of nitrogens with zero attached hydrogens (tertiary/aromatic N) is 2. The van der Waals surface area contributed by atoms with Gasteiger partial charge in [0.05, 0.1) is 12.7 Å². The molecule has 2 heterocycles. The number of carbonyl (C=O) groups is 1. The third-order valence-corrected chi connectivity index (χ3v) is 4.07. The molecule has 7 nitrogen and oxygen atoms in total. The molecule has 1 amide bonds. The number of aliphatic imine (C=N–C) groups is 1. The van der Waals surface area contributed by atoms with E-state index in [4.69, 9.17) is 9.47 Å². The Morgan fingerprint density at radius 2 is 2.04 bits per heavy atom. The predicted molar refractivity (Wildman–Crippen MR) is 105 cm³/mol. The van der Waals surface area contributed by atoms with Crippen molar-refractivity contribution in [2.24, 2.45) is 4.99 Å². The van der Waals surface area contributed by atoms with E-state index < -0.39 is 0 Å². The second-order valence-corrected chi connectivity index (χ2v) is 6.35. The normalized spacial score (nSPS) is 24.7. The molecule has 2 N–H and O–H groups in total. The zero-order chi connectivity index (χ0) is 16.7. The van der Waals surface area contributed by atoms with Gasteiger partial charge in [-0.25, -0.2) is 0 Å². The number of ether oxygens (including phenoxy) is 2. The first-order chi connectivity index (χ1) is 11.1. The predicted octanol–water partition coefficient (Wildman–Crippen LogP) is 0.974. The summed E-state index contributed by atoms with van der Waals surface area (Å²) in [6.07, 6.45) is 2.93. The summed E-state index contributed by atoms with van der Waals surface area (Å²) in [5.74, 6) is 0.885. The maximum Gasteiger partial charge on any atom is 0.221 e. The Bertz CT molecular complexity index is 414. The van der Waals surface area contributed by atoms with Gasteiger partial charge in [-0.05, 0) is 26.7 Å². The van der Waals surface area contributed by atoms with Crippen LogP contribution in [0.5, 0.6) is 0 Å². The number of halogens is 1. The Morgan fingerprint density at radius 3 is 2.67 bits per heavy atom. The fraction of sp³-hybridized carbons (Fsp3) is 0.875. The van der Waals surface area contributed by atoms with Gasteiger partial charge in [0.2, 0.25) is 5.91 Å². The zero-order valence-electron chi connectivity index (χ0n) is 14.9. The molecule has 2 saturated heterocycles. The molecular weight excluding hydrogens is 423 g/mol. The van der Waals surface area contributed by atoms with Crippen molar-refractivity contribution in [1.82, 2.24) is 15.5 Å². The van der Waals surface area contributed by atoms with Crippen LogP contribution >= 0.6 is 24.0 Å². The third kappa shape index (κ3) is 6.72. The molecule has 2 aliphatic rings. The highest BCUT2D eigenvalue weighted by molar-refractivity contribution is 14.0. The molecular formula is C16H31IN4O3. The van der Waals surface area contributed by atoms with Crippen molar-refractivity contribution in [1.29, 1.82) is 0 Å². The summed E-state index contributed by atoms with van der Waals surface area (Å²) >= 11 is 0. The standard InChI is InChI=1S/C16H30N4O3.HI/c1-12(2)19-15(21)6-7-18-16(17-3)20-8-10-23-14(11-20)13-5-4-9-22-13;/h12-14H,4-11H2,1-3H3,(H,17,18)(H,19,21);1H. The molecule has 2 fully saturated rings. The molecule has 140 valence electrons. The maximum absolute atomic E-state index is 11.7. The molecule has 2 aliphatic heterocycles. The molecule has 0 spiro atoms. The monoisotopic (exact) mass is 454 g/mol. The summed E-state index contributed by atoms with van der Waals surface area (Å²) in [6, 6.07) is 0.174. The van der Waals surface area contributed by atoms with E-state index in [9.17, 15) is 4.79 Å². The van der Waals surface area contributed by atoms with Gasteiger partial charge >= 0.3 is 0 Å². The van der Waals surface area contributed by atoms with Crippen molar-refractivity contribution in [2.45, 2.75) is 51.4 Å². The second-order valence-electron chi connectivity index (χ2n) is 6.35. The Kier molecular flexibility index (Phi) is 9.91. The van der Waals surface area contributed by atoms with Gasteiger partial charge in [0.25, 0.3) is 0 Å². The first-order valence-electron chi connectivity index (χ1n) is 8.58. The number of hydrogen-bond acceptors (Lipinski definition) is 4. The van der Waals surface area contributed by atoms with E-state index >= 15 is 0 Å². The van der Waals surface area contributed by atoms with Crippen molar-refractivity contribution in [3.8, 4) is 0 Å². The Balaban J connectivity index is 0.00000288. The topological polar surface area (TPSA) is 75.2 Å². The molecule has 24 heavy (non-hydrogen) atoms. The Morgan fingerprint density at radius 1 is 1.29 bits per heavy atom. The van der Waals surface area contributed by atoms with E-state index in [0.29, 0.717) is 19.6 Å². The molecule has 0 saturated carbocycles. The fourth-order valence-electron chi connectivity index (χ4n) is 3.00. The van der Waals surface area contributed by atoms with E-state index in [2.05, 4.69) is 20.5 Å². The van der Waals surface area contributed by atoms with Crippen LogP contribution in [-0.2, 0) is 14.3 Å². The number of hydrogen-bond donors (Lipinski definition) is 2.